The highest BCUT2D eigenvalue weighted by atomic mass is 16.2. The van der Waals surface area contributed by atoms with E-state index in [1.807, 2.05) is 79.7 Å². The average molecular weight is 409 g/mol. The number of aryl methyl sites for hydroxylation is 1. The molecule has 4 rings (SSSR count). The van der Waals surface area contributed by atoms with E-state index < -0.39 is 0 Å². The Balaban J connectivity index is 1.66. The van der Waals surface area contributed by atoms with E-state index in [1.165, 1.54) is 6.92 Å². The molecule has 0 fully saturated rings. The summed E-state index contributed by atoms with van der Waals surface area (Å²) in [6, 6.07) is 25.0. The number of nitrogens with one attached hydrogen (secondary N) is 2. The van der Waals surface area contributed by atoms with E-state index >= 15 is 0 Å². The topological polar surface area (TPSA) is 71.1 Å². The Morgan fingerprint density at radius 2 is 1.68 bits per heavy atom. The minimum atomic E-state index is -0.142. The number of carbonyl (C=O) groups excluding carboxylic acids is 2. The third kappa shape index (κ3) is 4.78. The number of para-hydroxylation sites is 1. The molecule has 5 heteroatoms. The normalized spacial score (nSPS) is 10.6. The van der Waals surface area contributed by atoms with Gasteiger partial charge in [-0.05, 0) is 36.8 Å². The van der Waals surface area contributed by atoms with Gasteiger partial charge in [-0.3, -0.25) is 9.59 Å². The first-order valence-electron chi connectivity index (χ1n) is 10.1. The molecule has 0 aliphatic rings. The van der Waals surface area contributed by atoms with Gasteiger partial charge in [-0.1, -0.05) is 60.2 Å². The lowest BCUT2D eigenvalue weighted by atomic mass is 10.0. The van der Waals surface area contributed by atoms with Crippen LogP contribution in [0.3, 0.4) is 0 Å². The van der Waals surface area contributed by atoms with Gasteiger partial charge < -0.3 is 10.6 Å². The number of pyridine rings is 1. The molecular formula is C26H23N3O2. The predicted molar refractivity (Wildman–Crippen MR) is 124 cm³/mol. The molecule has 2 amide bonds. The summed E-state index contributed by atoms with van der Waals surface area (Å²) in [5.74, 6) is -0.264. The standard InChI is InChI=1S/C26H23N3O2/c1-17-6-5-7-19(14-17)16-27-26(31)23-15-25(29-24-9-4-3-8-22(23)24)20-10-12-21(13-11-20)28-18(2)30/h3-15H,16H2,1-2H3,(H,27,31)(H,28,30). The number of carbonyl (C=O) groups is 2. The summed E-state index contributed by atoms with van der Waals surface area (Å²) in [5, 5.41) is 6.59. The molecule has 5 nitrogen and oxygen atoms in total. The monoisotopic (exact) mass is 409 g/mol. The van der Waals surface area contributed by atoms with E-state index in [0.29, 0.717) is 23.5 Å². The lowest BCUT2D eigenvalue weighted by Gasteiger charge is -2.11. The molecule has 0 spiro atoms. The second-order valence-electron chi connectivity index (χ2n) is 7.50. The van der Waals surface area contributed by atoms with Crippen LogP contribution in [0.4, 0.5) is 5.69 Å². The van der Waals surface area contributed by atoms with Crippen molar-refractivity contribution in [2.75, 3.05) is 5.32 Å². The van der Waals surface area contributed by atoms with Gasteiger partial charge >= 0.3 is 0 Å². The van der Waals surface area contributed by atoms with E-state index in [-0.39, 0.29) is 11.8 Å². The zero-order valence-corrected chi connectivity index (χ0v) is 17.5. The summed E-state index contributed by atoms with van der Waals surface area (Å²) in [6.07, 6.45) is 0. The fourth-order valence-corrected chi connectivity index (χ4v) is 3.54. The lowest BCUT2D eigenvalue weighted by Crippen LogP contribution is -2.23. The number of hydrogen-bond donors (Lipinski definition) is 2. The molecule has 4 aromatic rings. The smallest absolute Gasteiger partial charge is 0.252 e. The maximum Gasteiger partial charge on any atom is 0.252 e. The van der Waals surface area contributed by atoms with Crippen molar-refractivity contribution in [3.8, 4) is 11.3 Å². The van der Waals surface area contributed by atoms with Crippen LogP contribution in [0.15, 0.2) is 78.9 Å². The van der Waals surface area contributed by atoms with E-state index in [9.17, 15) is 9.59 Å². The van der Waals surface area contributed by atoms with Gasteiger partial charge in [-0.2, -0.15) is 0 Å². The largest absolute Gasteiger partial charge is 0.348 e. The van der Waals surface area contributed by atoms with Gasteiger partial charge in [0.2, 0.25) is 5.91 Å². The van der Waals surface area contributed by atoms with Gasteiger partial charge in [0.1, 0.15) is 0 Å². The van der Waals surface area contributed by atoms with Gasteiger partial charge in [0.25, 0.3) is 5.91 Å². The average Bonchev–Trinajstić information content (AvgIpc) is 2.77. The molecule has 0 aliphatic carbocycles. The molecule has 1 aromatic heterocycles. The van der Waals surface area contributed by atoms with Gasteiger partial charge in [0.05, 0.1) is 16.8 Å². The lowest BCUT2D eigenvalue weighted by molar-refractivity contribution is -0.114. The van der Waals surface area contributed by atoms with Gasteiger partial charge in [-0.25, -0.2) is 4.98 Å². The second-order valence-corrected chi connectivity index (χ2v) is 7.50. The van der Waals surface area contributed by atoms with Crippen molar-refractivity contribution in [1.82, 2.24) is 10.3 Å². The van der Waals surface area contributed by atoms with Crippen molar-refractivity contribution in [3.05, 3.63) is 95.6 Å². The fraction of sp³-hybridized carbons (Fsp3) is 0.115. The van der Waals surface area contributed by atoms with Crippen molar-refractivity contribution in [3.63, 3.8) is 0 Å². The highest BCUT2D eigenvalue weighted by Gasteiger charge is 2.14. The molecule has 1 heterocycles. The number of hydrogen-bond acceptors (Lipinski definition) is 3. The van der Waals surface area contributed by atoms with Crippen molar-refractivity contribution >= 4 is 28.4 Å². The van der Waals surface area contributed by atoms with Crippen LogP contribution in [-0.2, 0) is 11.3 Å². The molecular weight excluding hydrogens is 386 g/mol. The van der Waals surface area contributed by atoms with E-state index in [4.69, 9.17) is 4.98 Å². The zero-order valence-electron chi connectivity index (χ0n) is 17.5. The summed E-state index contributed by atoms with van der Waals surface area (Å²) in [4.78, 5) is 29.1. The van der Waals surface area contributed by atoms with Crippen LogP contribution in [0.1, 0.15) is 28.4 Å². The first-order chi connectivity index (χ1) is 15.0. The van der Waals surface area contributed by atoms with Crippen LogP contribution in [0.5, 0.6) is 0 Å². The second kappa shape index (κ2) is 8.79. The molecule has 0 radical (unpaired) electrons. The molecule has 3 aromatic carbocycles. The fourth-order valence-electron chi connectivity index (χ4n) is 3.54. The molecule has 0 bridgehead atoms. The van der Waals surface area contributed by atoms with Crippen molar-refractivity contribution in [2.45, 2.75) is 20.4 Å². The molecule has 2 N–H and O–H groups in total. The molecule has 0 unspecified atom stereocenters. The Bertz CT molecular complexity index is 1260. The van der Waals surface area contributed by atoms with Crippen LogP contribution in [0.2, 0.25) is 0 Å². The molecule has 31 heavy (non-hydrogen) atoms. The molecule has 0 aliphatic heterocycles. The number of fused-ring (bicyclic) bond motifs is 1. The minimum absolute atomic E-state index is 0.121. The summed E-state index contributed by atoms with van der Waals surface area (Å²) in [6.45, 7) is 3.96. The number of anilines is 1. The zero-order chi connectivity index (χ0) is 21.8. The first-order valence-corrected chi connectivity index (χ1v) is 10.1. The highest BCUT2D eigenvalue weighted by Crippen LogP contribution is 2.26. The summed E-state index contributed by atoms with van der Waals surface area (Å²) in [7, 11) is 0. The van der Waals surface area contributed by atoms with Crippen LogP contribution < -0.4 is 10.6 Å². The number of rotatable bonds is 5. The predicted octanol–water partition coefficient (Wildman–Crippen LogP) is 5.10. The number of aromatic nitrogens is 1. The van der Waals surface area contributed by atoms with Crippen LogP contribution >= 0.6 is 0 Å². The SMILES string of the molecule is CC(=O)Nc1ccc(-c2cc(C(=O)NCc3cccc(C)c3)c3ccccc3n2)cc1. The summed E-state index contributed by atoms with van der Waals surface area (Å²) in [5.41, 5.74) is 5.84. The van der Waals surface area contributed by atoms with Crippen molar-refractivity contribution in [1.29, 1.82) is 0 Å². The maximum atomic E-state index is 13.1. The Labute approximate surface area is 181 Å². The Morgan fingerprint density at radius 3 is 2.42 bits per heavy atom. The first kappa shape index (κ1) is 20.3. The quantitative estimate of drug-likeness (QED) is 0.482. The van der Waals surface area contributed by atoms with E-state index in [0.717, 1.165) is 27.6 Å². The Hall–Kier alpha value is -3.99. The van der Waals surface area contributed by atoms with Crippen LogP contribution in [0, 0.1) is 6.92 Å². The summed E-state index contributed by atoms with van der Waals surface area (Å²) < 4.78 is 0. The van der Waals surface area contributed by atoms with Crippen LogP contribution in [-0.4, -0.2) is 16.8 Å². The van der Waals surface area contributed by atoms with Gasteiger partial charge in [-0.15, -0.1) is 0 Å². The third-order valence-electron chi connectivity index (χ3n) is 5.00. The summed E-state index contributed by atoms with van der Waals surface area (Å²) >= 11 is 0. The van der Waals surface area contributed by atoms with E-state index in [2.05, 4.69) is 16.7 Å². The third-order valence-corrected chi connectivity index (χ3v) is 5.00. The van der Waals surface area contributed by atoms with Crippen molar-refractivity contribution < 1.29 is 9.59 Å². The molecule has 0 atom stereocenters. The minimum Gasteiger partial charge on any atom is -0.348 e. The maximum absolute atomic E-state index is 13.1. The molecule has 0 saturated heterocycles. The van der Waals surface area contributed by atoms with Gasteiger partial charge in [0.15, 0.2) is 0 Å². The number of benzene rings is 3. The van der Waals surface area contributed by atoms with E-state index in [1.54, 1.807) is 0 Å². The highest BCUT2D eigenvalue weighted by molar-refractivity contribution is 6.07. The Kier molecular flexibility index (Phi) is 5.76. The molecule has 0 saturated carbocycles. The van der Waals surface area contributed by atoms with Gasteiger partial charge in [0, 0.05) is 30.1 Å². The number of amides is 2. The Morgan fingerprint density at radius 1 is 0.903 bits per heavy atom. The molecule has 154 valence electrons. The van der Waals surface area contributed by atoms with Crippen molar-refractivity contribution in [2.24, 2.45) is 0 Å². The van der Waals surface area contributed by atoms with Crippen LogP contribution in [0.25, 0.3) is 22.2 Å². The number of nitrogens with zero attached hydrogens (tertiary/aromatic N) is 1.